The highest BCUT2D eigenvalue weighted by molar-refractivity contribution is 6.30. The van der Waals surface area contributed by atoms with Gasteiger partial charge in [-0.3, -0.25) is 4.90 Å². The molecule has 0 bridgehead atoms. The number of halogens is 4. The number of aromatic carboxylic acids is 1. The Balaban J connectivity index is 1.24. The van der Waals surface area contributed by atoms with E-state index in [9.17, 15) is 23.1 Å². The molecule has 2 aromatic carbocycles. The van der Waals surface area contributed by atoms with E-state index in [0.717, 1.165) is 18.9 Å². The molecule has 3 heterocycles. The summed E-state index contributed by atoms with van der Waals surface area (Å²) in [7, 11) is 1.71. The van der Waals surface area contributed by atoms with Crippen molar-refractivity contribution in [1.29, 1.82) is 0 Å². The smallest absolute Gasteiger partial charge is 0.387 e. The summed E-state index contributed by atoms with van der Waals surface area (Å²) in [5, 5.41) is 9.69. The van der Waals surface area contributed by atoms with E-state index in [4.69, 9.17) is 16.3 Å². The third kappa shape index (κ3) is 6.13. The average molecular weight is 576 g/mol. The molecular weight excluding hydrogens is 551 g/mol. The van der Waals surface area contributed by atoms with Gasteiger partial charge in [-0.1, -0.05) is 17.7 Å². The van der Waals surface area contributed by atoms with Crippen LogP contribution >= 0.6 is 11.6 Å². The van der Waals surface area contributed by atoms with Gasteiger partial charge in [0.1, 0.15) is 29.6 Å². The topological polar surface area (TPSA) is 103 Å². The molecule has 0 radical (unpaired) electrons. The summed E-state index contributed by atoms with van der Waals surface area (Å²) in [5.41, 5.74) is 0.778. The van der Waals surface area contributed by atoms with Gasteiger partial charge < -0.3 is 19.1 Å². The number of imidazole rings is 1. The van der Waals surface area contributed by atoms with E-state index >= 15 is 0 Å². The minimum Gasteiger partial charge on any atom is -0.478 e. The number of rotatable bonds is 9. The molecule has 5 rings (SSSR count). The van der Waals surface area contributed by atoms with Crippen LogP contribution in [-0.4, -0.2) is 55.2 Å². The molecule has 1 fully saturated rings. The average Bonchev–Trinajstić information content (AvgIpc) is 3.23. The van der Waals surface area contributed by atoms with Crippen LogP contribution in [0.5, 0.6) is 11.6 Å². The first kappa shape index (κ1) is 27.7. The number of nitrogens with zero attached hydrogens (tertiary/aromatic N) is 5. The molecule has 40 heavy (non-hydrogen) atoms. The molecule has 1 aliphatic rings. The highest BCUT2D eigenvalue weighted by Crippen LogP contribution is 2.31. The van der Waals surface area contributed by atoms with E-state index < -0.39 is 18.4 Å². The second kappa shape index (κ2) is 11.7. The van der Waals surface area contributed by atoms with Gasteiger partial charge in [-0.25, -0.2) is 19.2 Å². The summed E-state index contributed by atoms with van der Waals surface area (Å²) in [5.74, 6) is -0.290. The molecule has 0 aliphatic carbocycles. The van der Waals surface area contributed by atoms with Crippen LogP contribution in [0, 0.1) is 5.82 Å². The standard InChI is InChI=1S/C27H25ClF3N5O4/c1-35-20-10-17(26(37)38)11-21(40-27(30)31)24(20)33-22(35)13-36-8-5-15(6-9-36)25-32-7-4-23(34-25)39-14-16-2-3-18(28)12-19(16)29/h2-4,7,10-12,15,27H,5-6,8-9,13-14H2,1H3,(H,37,38). The highest BCUT2D eigenvalue weighted by Gasteiger charge is 2.25. The Kier molecular flexibility index (Phi) is 8.08. The van der Waals surface area contributed by atoms with Gasteiger partial charge >= 0.3 is 12.6 Å². The molecule has 0 atom stereocenters. The maximum atomic E-state index is 14.1. The number of carbonyl (C=O) groups is 1. The lowest BCUT2D eigenvalue weighted by molar-refractivity contribution is -0.0489. The molecule has 13 heteroatoms. The fraction of sp³-hybridized carbons (Fsp3) is 0.333. The van der Waals surface area contributed by atoms with Crippen LogP contribution in [0.4, 0.5) is 13.2 Å². The molecule has 1 N–H and O–H groups in total. The number of carboxylic acid groups (broad SMARTS) is 1. The first-order chi connectivity index (χ1) is 19.2. The summed E-state index contributed by atoms with van der Waals surface area (Å²) < 4.78 is 51.9. The van der Waals surface area contributed by atoms with Gasteiger partial charge in [-0.05, 0) is 50.2 Å². The second-order valence-corrected chi connectivity index (χ2v) is 9.88. The van der Waals surface area contributed by atoms with E-state index in [1.807, 2.05) is 0 Å². The number of alkyl halides is 2. The number of carboxylic acids is 1. The van der Waals surface area contributed by atoms with Crippen molar-refractivity contribution in [1.82, 2.24) is 24.4 Å². The zero-order chi connectivity index (χ0) is 28.4. The summed E-state index contributed by atoms with van der Waals surface area (Å²) in [6.07, 6.45) is 3.15. The van der Waals surface area contributed by atoms with Gasteiger partial charge in [0, 0.05) is 35.8 Å². The SMILES string of the molecule is Cn1c(CN2CCC(c3nccc(OCc4ccc(Cl)cc4F)n3)CC2)nc2c(OC(F)F)cc(C(=O)O)cc21. The Morgan fingerprint density at radius 2 is 1.95 bits per heavy atom. The monoisotopic (exact) mass is 575 g/mol. The van der Waals surface area contributed by atoms with Gasteiger partial charge in [0.2, 0.25) is 5.88 Å². The summed E-state index contributed by atoms with van der Waals surface area (Å²) in [6.45, 7) is -1.25. The first-order valence-electron chi connectivity index (χ1n) is 12.5. The summed E-state index contributed by atoms with van der Waals surface area (Å²) in [6, 6.07) is 8.48. The third-order valence-electron chi connectivity index (χ3n) is 6.86. The molecule has 0 saturated carbocycles. The minimum absolute atomic E-state index is 0.00788. The Bertz CT molecular complexity index is 1540. The summed E-state index contributed by atoms with van der Waals surface area (Å²) >= 11 is 5.80. The molecule has 4 aromatic rings. The van der Waals surface area contributed by atoms with Crippen LogP contribution < -0.4 is 9.47 Å². The highest BCUT2D eigenvalue weighted by atomic mass is 35.5. The Labute approximate surface area is 232 Å². The molecule has 0 amide bonds. The van der Waals surface area contributed by atoms with E-state index in [2.05, 4.69) is 24.6 Å². The first-order valence-corrected chi connectivity index (χ1v) is 12.8. The molecule has 210 valence electrons. The Morgan fingerprint density at radius 1 is 1.18 bits per heavy atom. The maximum absolute atomic E-state index is 14.1. The van der Waals surface area contributed by atoms with Gasteiger partial charge in [0.05, 0.1) is 17.6 Å². The number of fused-ring (bicyclic) bond motifs is 1. The van der Waals surface area contributed by atoms with Crippen LogP contribution in [-0.2, 0) is 20.2 Å². The molecule has 0 unspecified atom stereocenters. The van der Waals surface area contributed by atoms with Crippen molar-refractivity contribution >= 4 is 28.6 Å². The van der Waals surface area contributed by atoms with Crippen LogP contribution in [0.15, 0.2) is 42.6 Å². The van der Waals surface area contributed by atoms with E-state index in [-0.39, 0.29) is 29.4 Å². The number of piperidine rings is 1. The van der Waals surface area contributed by atoms with Gasteiger partial charge in [-0.2, -0.15) is 13.8 Å². The number of aromatic nitrogens is 4. The van der Waals surface area contributed by atoms with Crippen LogP contribution in [0.25, 0.3) is 11.0 Å². The summed E-state index contributed by atoms with van der Waals surface area (Å²) in [4.78, 5) is 27.1. The van der Waals surface area contributed by atoms with Crippen molar-refractivity contribution in [2.75, 3.05) is 13.1 Å². The molecule has 2 aromatic heterocycles. The lowest BCUT2D eigenvalue weighted by Gasteiger charge is -2.30. The fourth-order valence-electron chi connectivity index (χ4n) is 4.73. The predicted octanol–water partition coefficient (Wildman–Crippen LogP) is 5.41. The van der Waals surface area contributed by atoms with Crippen molar-refractivity contribution in [3.63, 3.8) is 0 Å². The van der Waals surface area contributed by atoms with Gasteiger partial charge in [-0.15, -0.1) is 0 Å². The largest absolute Gasteiger partial charge is 0.478 e. The zero-order valence-electron chi connectivity index (χ0n) is 21.4. The second-order valence-electron chi connectivity index (χ2n) is 9.44. The third-order valence-corrected chi connectivity index (χ3v) is 7.10. The van der Waals surface area contributed by atoms with Crippen LogP contribution in [0.2, 0.25) is 5.02 Å². The molecule has 9 nitrogen and oxygen atoms in total. The normalized spacial score (nSPS) is 14.7. The Hall–Kier alpha value is -3.90. The van der Waals surface area contributed by atoms with Crippen molar-refractivity contribution in [3.8, 4) is 11.6 Å². The molecular formula is C27H25ClF3N5O4. The van der Waals surface area contributed by atoms with Crippen LogP contribution in [0.1, 0.15) is 46.3 Å². The van der Waals surface area contributed by atoms with Gasteiger partial charge in [0.25, 0.3) is 0 Å². The number of hydrogen-bond donors (Lipinski definition) is 1. The molecule has 0 spiro atoms. The van der Waals surface area contributed by atoms with Crippen molar-refractivity contribution < 1.29 is 32.5 Å². The van der Waals surface area contributed by atoms with Crippen molar-refractivity contribution in [2.24, 2.45) is 7.05 Å². The number of ether oxygens (including phenoxy) is 2. The number of hydrogen-bond acceptors (Lipinski definition) is 7. The van der Waals surface area contributed by atoms with Gasteiger partial charge in [0.15, 0.2) is 5.75 Å². The van der Waals surface area contributed by atoms with Crippen molar-refractivity contribution in [3.05, 3.63) is 76.2 Å². The number of benzene rings is 2. The molecule has 1 aliphatic heterocycles. The van der Waals surface area contributed by atoms with E-state index in [1.54, 1.807) is 36.0 Å². The van der Waals surface area contributed by atoms with E-state index in [1.165, 1.54) is 12.1 Å². The fourth-order valence-corrected chi connectivity index (χ4v) is 4.89. The molecule has 1 saturated heterocycles. The quantitative estimate of drug-likeness (QED) is 0.282. The lowest BCUT2D eigenvalue weighted by Crippen LogP contribution is -2.33. The van der Waals surface area contributed by atoms with Crippen LogP contribution in [0.3, 0.4) is 0 Å². The van der Waals surface area contributed by atoms with Crippen molar-refractivity contribution in [2.45, 2.75) is 38.5 Å². The maximum Gasteiger partial charge on any atom is 0.387 e. The number of aryl methyl sites for hydroxylation is 1. The van der Waals surface area contributed by atoms with E-state index in [0.29, 0.717) is 53.3 Å². The lowest BCUT2D eigenvalue weighted by atomic mass is 9.96. The Morgan fingerprint density at radius 3 is 2.65 bits per heavy atom. The minimum atomic E-state index is -3.11. The predicted molar refractivity (Wildman–Crippen MR) is 139 cm³/mol. The number of likely N-dealkylation sites (tertiary alicyclic amines) is 1. The zero-order valence-corrected chi connectivity index (χ0v) is 22.1.